The smallest absolute Gasteiger partial charge is 0.134 e. The van der Waals surface area contributed by atoms with Gasteiger partial charge in [-0.1, -0.05) is 29.8 Å². The van der Waals surface area contributed by atoms with Crippen molar-refractivity contribution in [3.05, 3.63) is 57.5 Å². The van der Waals surface area contributed by atoms with Gasteiger partial charge >= 0.3 is 0 Å². The second-order valence-corrected chi connectivity index (χ2v) is 10.1. The largest absolute Gasteiger partial charge is 0.506 e. The van der Waals surface area contributed by atoms with E-state index in [9.17, 15) is 5.11 Å². The lowest BCUT2D eigenvalue weighted by Crippen LogP contribution is -2.31. The predicted molar refractivity (Wildman–Crippen MR) is 138 cm³/mol. The lowest BCUT2D eigenvalue weighted by Gasteiger charge is -2.30. The Morgan fingerprint density at radius 3 is 2.62 bits per heavy atom. The van der Waals surface area contributed by atoms with Gasteiger partial charge in [-0.05, 0) is 72.3 Å². The van der Waals surface area contributed by atoms with Gasteiger partial charge in [-0.25, -0.2) is 4.98 Å². The minimum absolute atomic E-state index is 0.259. The fourth-order valence-corrected chi connectivity index (χ4v) is 5.36. The van der Waals surface area contributed by atoms with E-state index in [0.29, 0.717) is 28.0 Å². The number of pyridine rings is 1. The molecule has 1 heterocycles. The van der Waals surface area contributed by atoms with Crippen LogP contribution in [0.4, 0.5) is 11.5 Å². The SMILES string of the molecule is CN(C)c1cc(NC2CCC(CNCc3cc(Cl)cc(Br)c3O)CC2)nc2ccccc12. The number of hydrogen-bond acceptors (Lipinski definition) is 5. The number of nitrogens with one attached hydrogen (secondary N) is 2. The Kier molecular flexibility index (Phi) is 7.44. The van der Waals surface area contributed by atoms with Crippen molar-refractivity contribution in [2.24, 2.45) is 5.92 Å². The lowest BCUT2D eigenvalue weighted by atomic mass is 9.86. The van der Waals surface area contributed by atoms with E-state index >= 15 is 0 Å². The van der Waals surface area contributed by atoms with Crippen LogP contribution in [0.2, 0.25) is 5.02 Å². The Balaban J connectivity index is 1.30. The molecular formula is C25H30BrClN4O. The van der Waals surface area contributed by atoms with Crippen LogP contribution in [0.5, 0.6) is 5.75 Å². The molecule has 1 aliphatic rings. The number of aromatic nitrogens is 1. The van der Waals surface area contributed by atoms with Gasteiger partial charge in [-0.3, -0.25) is 0 Å². The summed E-state index contributed by atoms with van der Waals surface area (Å²) in [7, 11) is 4.15. The summed E-state index contributed by atoms with van der Waals surface area (Å²) < 4.78 is 0.633. The van der Waals surface area contributed by atoms with Crippen LogP contribution >= 0.6 is 27.5 Å². The van der Waals surface area contributed by atoms with Crippen LogP contribution in [0, 0.1) is 5.92 Å². The molecule has 0 amide bonds. The Morgan fingerprint density at radius 2 is 1.88 bits per heavy atom. The van der Waals surface area contributed by atoms with Crippen LogP contribution in [0.25, 0.3) is 10.9 Å². The molecule has 0 aliphatic heterocycles. The molecule has 0 atom stereocenters. The molecule has 0 spiro atoms. The second kappa shape index (κ2) is 10.3. The minimum Gasteiger partial charge on any atom is -0.506 e. The molecule has 0 bridgehead atoms. The van der Waals surface area contributed by atoms with Crippen molar-refractivity contribution >= 4 is 49.9 Å². The number of aromatic hydroxyl groups is 1. The molecule has 4 rings (SSSR count). The first-order valence-corrected chi connectivity index (χ1v) is 12.3. The first kappa shape index (κ1) is 23.1. The molecule has 3 N–H and O–H groups in total. The maximum atomic E-state index is 10.2. The molecule has 0 unspecified atom stereocenters. The Labute approximate surface area is 203 Å². The maximum Gasteiger partial charge on any atom is 0.134 e. The number of phenolic OH excluding ortho intramolecular Hbond substituents is 1. The van der Waals surface area contributed by atoms with Crippen molar-refractivity contribution in [3.8, 4) is 5.75 Å². The topological polar surface area (TPSA) is 60.4 Å². The molecular weight excluding hydrogens is 488 g/mol. The summed E-state index contributed by atoms with van der Waals surface area (Å²) in [6.45, 7) is 1.55. The number of halogens is 2. The molecule has 3 aromatic rings. The van der Waals surface area contributed by atoms with Crippen molar-refractivity contribution in [3.63, 3.8) is 0 Å². The van der Waals surface area contributed by atoms with Crippen molar-refractivity contribution in [1.82, 2.24) is 10.3 Å². The van der Waals surface area contributed by atoms with E-state index in [1.165, 1.54) is 23.9 Å². The Morgan fingerprint density at radius 1 is 1.12 bits per heavy atom. The average molecular weight is 518 g/mol. The standard InChI is InChI=1S/C25H30BrClN4O/c1-31(2)23-13-24(30-22-6-4-3-5-20(22)23)29-19-9-7-16(8-10-19)14-28-15-17-11-18(27)12-21(26)25(17)32/h3-6,11-13,16,19,28,32H,7-10,14-15H2,1-2H3,(H,29,30). The van der Waals surface area contributed by atoms with Gasteiger partial charge in [-0.15, -0.1) is 0 Å². The molecule has 0 saturated heterocycles. The first-order chi connectivity index (χ1) is 15.4. The third kappa shape index (κ3) is 5.48. The second-order valence-electron chi connectivity index (χ2n) is 8.83. The summed E-state index contributed by atoms with van der Waals surface area (Å²) in [6, 6.07) is 14.4. The van der Waals surface area contributed by atoms with E-state index < -0.39 is 0 Å². The molecule has 1 fully saturated rings. The first-order valence-electron chi connectivity index (χ1n) is 11.1. The van der Waals surface area contributed by atoms with Gasteiger partial charge in [0.25, 0.3) is 0 Å². The number of anilines is 2. The Hall–Kier alpha value is -2.02. The van der Waals surface area contributed by atoms with Crippen molar-refractivity contribution in [1.29, 1.82) is 0 Å². The van der Waals surface area contributed by atoms with Gasteiger partial charge in [0.15, 0.2) is 0 Å². The normalized spacial score (nSPS) is 18.6. The molecule has 32 heavy (non-hydrogen) atoms. The van der Waals surface area contributed by atoms with Gasteiger partial charge in [0.1, 0.15) is 11.6 Å². The molecule has 2 aromatic carbocycles. The van der Waals surface area contributed by atoms with E-state index in [0.717, 1.165) is 36.3 Å². The number of phenols is 1. The molecule has 170 valence electrons. The summed E-state index contributed by atoms with van der Waals surface area (Å²) in [5, 5.41) is 19.2. The summed E-state index contributed by atoms with van der Waals surface area (Å²) in [5.74, 6) is 1.85. The van der Waals surface area contributed by atoms with Gasteiger partial charge in [0, 0.05) is 54.4 Å². The monoisotopic (exact) mass is 516 g/mol. The van der Waals surface area contributed by atoms with Gasteiger partial charge in [-0.2, -0.15) is 0 Å². The zero-order chi connectivity index (χ0) is 22.7. The highest BCUT2D eigenvalue weighted by Gasteiger charge is 2.22. The fourth-order valence-electron chi connectivity index (χ4n) is 4.49. The highest BCUT2D eigenvalue weighted by molar-refractivity contribution is 9.10. The fraction of sp³-hybridized carbons (Fsp3) is 0.400. The van der Waals surface area contributed by atoms with Crippen molar-refractivity contribution < 1.29 is 5.11 Å². The molecule has 0 radical (unpaired) electrons. The third-order valence-electron chi connectivity index (χ3n) is 6.23. The highest BCUT2D eigenvalue weighted by atomic mass is 79.9. The van der Waals surface area contributed by atoms with Crippen LogP contribution in [-0.2, 0) is 6.54 Å². The van der Waals surface area contributed by atoms with E-state index in [1.807, 2.05) is 12.1 Å². The van der Waals surface area contributed by atoms with Gasteiger partial charge in [0.05, 0.1) is 9.99 Å². The van der Waals surface area contributed by atoms with Gasteiger partial charge < -0.3 is 20.6 Å². The minimum atomic E-state index is 0.259. The number of nitrogens with zero attached hydrogens (tertiary/aromatic N) is 2. The molecule has 1 aliphatic carbocycles. The Bertz CT molecular complexity index is 1080. The van der Waals surface area contributed by atoms with Crippen LogP contribution < -0.4 is 15.5 Å². The zero-order valence-corrected chi connectivity index (χ0v) is 20.9. The quantitative estimate of drug-likeness (QED) is 0.349. The highest BCUT2D eigenvalue weighted by Crippen LogP contribution is 2.32. The average Bonchev–Trinajstić information content (AvgIpc) is 2.77. The van der Waals surface area contributed by atoms with Crippen molar-refractivity contribution in [2.75, 3.05) is 30.9 Å². The van der Waals surface area contributed by atoms with E-state index in [4.69, 9.17) is 16.6 Å². The molecule has 1 saturated carbocycles. The number of rotatable bonds is 7. The molecule has 1 aromatic heterocycles. The van der Waals surface area contributed by atoms with Crippen LogP contribution in [0.1, 0.15) is 31.2 Å². The lowest BCUT2D eigenvalue weighted by molar-refractivity contribution is 0.323. The van der Waals surface area contributed by atoms with E-state index in [-0.39, 0.29) is 5.75 Å². The summed E-state index contributed by atoms with van der Waals surface area (Å²) >= 11 is 9.46. The van der Waals surface area contributed by atoms with Crippen LogP contribution in [0.3, 0.4) is 0 Å². The number of fused-ring (bicyclic) bond motifs is 1. The van der Waals surface area contributed by atoms with Crippen molar-refractivity contribution in [2.45, 2.75) is 38.3 Å². The van der Waals surface area contributed by atoms with E-state index in [1.54, 1.807) is 6.07 Å². The predicted octanol–water partition coefficient (Wildman–Crippen LogP) is 6.18. The number of para-hydroxylation sites is 1. The summed E-state index contributed by atoms with van der Waals surface area (Å²) in [4.78, 5) is 7.00. The molecule has 7 heteroatoms. The zero-order valence-electron chi connectivity index (χ0n) is 18.5. The maximum absolute atomic E-state index is 10.2. The van der Waals surface area contributed by atoms with Crippen LogP contribution in [0.15, 0.2) is 46.9 Å². The molecule has 5 nitrogen and oxygen atoms in total. The van der Waals surface area contributed by atoms with Crippen LogP contribution in [-0.4, -0.2) is 36.8 Å². The van der Waals surface area contributed by atoms with E-state index in [2.05, 4.69) is 69.8 Å². The summed E-state index contributed by atoms with van der Waals surface area (Å²) in [5.41, 5.74) is 3.03. The third-order valence-corrected chi connectivity index (χ3v) is 7.05. The number of hydrogen-bond donors (Lipinski definition) is 3. The summed E-state index contributed by atoms with van der Waals surface area (Å²) in [6.07, 6.45) is 4.60. The van der Waals surface area contributed by atoms with Gasteiger partial charge in [0.2, 0.25) is 0 Å². The number of benzene rings is 2.